The van der Waals surface area contributed by atoms with E-state index in [2.05, 4.69) is 10.6 Å². The molecule has 0 aromatic heterocycles. The lowest BCUT2D eigenvalue weighted by Crippen LogP contribution is -2.38. The molecule has 18 heavy (non-hydrogen) atoms. The first-order valence-corrected chi connectivity index (χ1v) is 7.62. The van der Waals surface area contributed by atoms with Gasteiger partial charge in [-0.3, -0.25) is 0 Å². The number of benzene rings is 1. The molecule has 0 spiro atoms. The van der Waals surface area contributed by atoms with Crippen LogP contribution in [0, 0.1) is 6.92 Å². The molecule has 0 radical (unpaired) electrons. The van der Waals surface area contributed by atoms with Crippen molar-refractivity contribution < 1.29 is 8.42 Å². The van der Waals surface area contributed by atoms with Gasteiger partial charge in [0, 0.05) is 18.3 Å². The lowest BCUT2D eigenvalue weighted by molar-refractivity contribution is 0.480. The molecule has 0 bridgehead atoms. The number of nitrogens with two attached hydrogens (primary N) is 1. The van der Waals surface area contributed by atoms with Gasteiger partial charge in [0.1, 0.15) is 0 Å². The van der Waals surface area contributed by atoms with Gasteiger partial charge < -0.3 is 10.6 Å². The molecule has 5 nitrogen and oxygen atoms in total. The van der Waals surface area contributed by atoms with Crippen LogP contribution >= 0.6 is 0 Å². The van der Waals surface area contributed by atoms with Crippen molar-refractivity contribution in [2.45, 2.75) is 30.7 Å². The van der Waals surface area contributed by atoms with E-state index in [1.165, 1.54) is 0 Å². The summed E-state index contributed by atoms with van der Waals surface area (Å²) < 4.78 is 22.9. The molecule has 2 rings (SSSR count). The fraction of sp³-hybridized carbons (Fsp3) is 0.500. The zero-order valence-electron chi connectivity index (χ0n) is 10.4. The second kappa shape index (κ2) is 5.26. The standard InChI is InChI=1S/C12H19N3O2S/c1-9-4-5-10(7-12(9)18(13,16)17)15-11-3-2-6-14-8-11/h4-5,7,11,14-15H,2-3,6,8H2,1H3,(H2,13,16,17). The maximum Gasteiger partial charge on any atom is 0.238 e. The normalized spacial score (nSPS) is 20.7. The van der Waals surface area contributed by atoms with Crippen molar-refractivity contribution in [3.05, 3.63) is 23.8 Å². The van der Waals surface area contributed by atoms with Crippen LogP contribution in [0.2, 0.25) is 0 Å². The Kier molecular flexibility index (Phi) is 3.89. The van der Waals surface area contributed by atoms with Crippen molar-refractivity contribution in [2.24, 2.45) is 5.14 Å². The molecule has 1 atom stereocenters. The minimum absolute atomic E-state index is 0.191. The molecule has 1 aliphatic rings. The first-order chi connectivity index (χ1) is 8.47. The molecule has 0 aliphatic carbocycles. The van der Waals surface area contributed by atoms with Gasteiger partial charge in [-0.2, -0.15) is 0 Å². The average molecular weight is 269 g/mol. The molecule has 6 heteroatoms. The van der Waals surface area contributed by atoms with E-state index < -0.39 is 10.0 Å². The third kappa shape index (κ3) is 3.22. The van der Waals surface area contributed by atoms with Crippen LogP contribution in [0.25, 0.3) is 0 Å². The zero-order chi connectivity index (χ0) is 13.2. The highest BCUT2D eigenvalue weighted by Crippen LogP contribution is 2.20. The largest absolute Gasteiger partial charge is 0.381 e. The second-order valence-corrected chi connectivity index (χ2v) is 6.24. The van der Waals surface area contributed by atoms with E-state index >= 15 is 0 Å². The lowest BCUT2D eigenvalue weighted by atomic mass is 10.1. The molecule has 100 valence electrons. The van der Waals surface area contributed by atoms with Crippen LogP contribution in [0.4, 0.5) is 5.69 Å². The number of nitrogens with one attached hydrogen (secondary N) is 2. The van der Waals surface area contributed by atoms with Crippen LogP contribution in [0.15, 0.2) is 23.1 Å². The van der Waals surface area contributed by atoms with Crippen LogP contribution in [0.3, 0.4) is 0 Å². The van der Waals surface area contributed by atoms with Crippen molar-refractivity contribution in [1.29, 1.82) is 0 Å². The van der Waals surface area contributed by atoms with Crippen molar-refractivity contribution in [3.8, 4) is 0 Å². The van der Waals surface area contributed by atoms with E-state index in [1.54, 1.807) is 19.1 Å². The number of rotatable bonds is 3. The molecule has 1 saturated heterocycles. The van der Waals surface area contributed by atoms with Gasteiger partial charge in [-0.25, -0.2) is 13.6 Å². The Labute approximate surface area is 108 Å². The molecule has 4 N–H and O–H groups in total. The Balaban J connectivity index is 2.19. The highest BCUT2D eigenvalue weighted by molar-refractivity contribution is 7.89. The van der Waals surface area contributed by atoms with E-state index in [9.17, 15) is 8.42 Å². The summed E-state index contributed by atoms with van der Waals surface area (Å²) in [6.07, 6.45) is 2.22. The van der Waals surface area contributed by atoms with E-state index in [0.717, 1.165) is 31.6 Å². The fourth-order valence-corrected chi connectivity index (χ4v) is 3.02. The number of piperidine rings is 1. The molecule has 1 unspecified atom stereocenters. The minimum atomic E-state index is -3.65. The van der Waals surface area contributed by atoms with Gasteiger partial charge in [0.25, 0.3) is 0 Å². The van der Waals surface area contributed by atoms with Gasteiger partial charge in [-0.1, -0.05) is 6.07 Å². The Morgan fingerprint density at radius 3 is 2.83 bits per heavy atom. The maximum atomic E-state index is 11.4. The number of sulfonamides is 1. The van der Waals surface area contributed by atoms with Gasteiger partial charge in [0.05, 0.1) is 4.90 Å². The smallest absolute Gasteiger partial charge is 0.238 e. The highest BCUT2D eigenvalue weighted by atomic mass is 32.2. The molecular weight excluding hydrogens is 250 g/mol. The highest BCUT2D eigenvalue weighted by Gasteiger charge is 2.15. The second-order valence-electron chi connectivity index (χ2n) is 4.71. The molecule has 1 aliphatic heterocycles. The first-order valence-electron chi connectivity index (χ1n) is 6.07. The molecule has 0 saturated carbocycles. The maximum absolute atomic E-state index is 11.4. The molecule has 1 fully saturated rings. The molecule has 0 amide bonds. The van der Waals surface area contributed by atoms with Crippen molar-refractivity contribution >= 4 is 15.7 Å². The summed E-state index contributed by atoms with van der Waals surface area (Å²) >= 11 is 0. The van der Waals surface area contributed by atoms with E-state index in [4.69, 9.17) is 5.14 Å². The SMILES string of the molecule is Cc1ccc(NC2CCCNC2)cc1S(N)(=O)=O. The van der Waals surface area contributed by atoms with Gasteiger partial charge in [-0.05, 0) is 44.0 Å². The number of anilines is 1. The van der Waals surface area contributed by atoms with Gasteiger partial charge in [0.2, 0.25) is 10.0 Å². The summed E-state index contributed by atoms with van der Waals surface area (Å²) in [6.45, 7) is 3.69. The van der Waals surface area contributed by atoms with Crippen LogP contribution in [-0.4, -0.2) is 27.5 Å². The van der Waals surface area contributed by atoms with Gasteiger partial charge in [0.15, 0.2) is 0 Å². The minimum Gasteiger partial charge on any atom is -0.381 e. The lowest BCUT2D eigenvalue weighted by Gasteiger charge is -2.25. The van der Waals surface area contributed by atoms with Gasteiger partial charge >= 0.3 is 0 Å². The first kappa shape index (κ1) is 13.3. The third-order valence-electron chi connectivity index (χ3n) is 3.16. The monoisotopic (exact) mass is 269 g/mol. The molecular formula is C12H19N3O2S. The van der Waals surface area contributed by atoms with Crippen LogP contribution in [0.5, 0.6) is 0 Å². The Hall–Kier alpha value is -1.11. The summed E-state index contributed by atoms with van der Waals surface area (Å²) in [5, 5.41) is 11.8. The summed E-state index contributed by atoms with van der Waals surface area (Å²) in [4.78, 5) is 0.191. The van der Waals surface area contributed by atoms with Crippen molar-refractivity contribution in [2.75, 3.05) is 18.4 Å². The number of hydrogen-bond donors (Lipinski definition) is 3. The third-order valence-corrected chi connectivity index (χ3v) is 4.22. The summed E-state index contributed by atoms with van der Waals surface area (Å²) in [7, 11) is -3.65. The fourth-order valence-electron chi connectivity index (χ4n) is 2.21. The Morgan fingerprint density at radius 1 is 1.44 bits per heavy atom. The summed E-state index contributed by atoms with van der Waals surface area (Å²) in [5.41, 5.74) is 1.48. The number of hydrogen-bond acceptors (Lipinski definition) is 4. The van der Waals surface area contributed by atoms with Crippen LogP contribution in [0.1, 0.15) is 18.4 Å². The average Bonchev–Trinajstić information content (AvgIpc) is 2.31. The molecule has 1 aromatic carbocycles. The van der Waals surface area contributed by atoms with E-state index in [-0.39, 0.29) is 4.90 Å². The number of aryl methyl sites for hydroxylation is 1. The summed E-state index contributed by atoms with van der Waals surface area (Å²) in [5.74, 6) is 0. The van der Waals surface area contributed by atoms with E-state index in [0.29, 0.717) is 11.6 Å². The van der Waals surface area contributed by atoms with Crippen LogP contribution < -0.4 is 15.8 Å². The van der Waals surface area contributed by atoms with Crippen molar-refractivity contribution in [3.63, 3.8) is 0 Å². The van der Waals surface area contributed by atoms with Crippen molar-refractivity contribution in [1.82, 2.24) is 5.32 Å². The topological polar surface area (TPSA) is 84.2 Å². The van der Waals surface area contributed by atoms with E-state index in [1.807, 2.05) is 6.07 Å². The Morgan fingerprint density at radius 2 is 2.22 bits per heavy atom. The van der Waals surface area contributed by atoms with Crippen LogP contribution in [-0.2, 0) is 10.0 Å². The summed E-state index contributed by atoms with van der Waals surface area (Å²) in [6, 6.07) is 5.62. The van der Waals surface area contributed by atoms with Gasteiger partial charge in [-0.15, -0.1) is 0 Å². The quantitative estimate of drug-likeness (QED) is 0.758. The predicted octanol–water partition coefficient (Wildman–Crippen LogP) is 0.806. The Bertz CT molecular complexity index is 522. The molecule has 1 heterocycles. The predicted molar refractivity (Wildman–Crippen MR) is 72.1 cm³/mol. The molecule has 1 aromatic rings. The number of primary sulfonamides is 1. The zero-order valence-corrected chi connectivity index (χ0v) is 11.3.